The molecular weight excluding hydrogens is 268 g/mol. The van der Waals surface area contributed by atoms with E-state index in [0.717, 1.165) is 23.6 Å². The molecule has 2 aromatic rings. The second-order valence-corrected chi connectivity index (χ2v) is 11.8. The molecule has 0 amide bonds. The minimum absolute atomic E-state index is 0.173. The Hall–Kier alpha value is -1.77. The fraction of sp³-hybridized carbons (Fsp3) is 0.400. The lowest BCUT2D eigenvalue weighted by molar-refractivity contribution is 0.0902. The summed E-state index contributed by atoms with van der Waals surface area (Å²) in [5.41, 5.74) is 1.47. The van der Waals surface area contributed by atoms with Gasteiger partial charge in [0, 0.05) is 26.3 Å². The fourth-order valence-electron chi connectivity index (χ4n) is 2.02. The van der Waals surface area contributed by atoms with Gasteiger partial charge < -0.3 is 14.4 Å². The van der Waals surface area contributed by atoms with E-state index in [9.17, 15) is 5.11 Å². The van der Waals surface area contributed by atoms with Crippen molar-refractivity contribution in [2.75, 3.05) is 6.61 Å². The number of aromatic nitrogens is 1. The van der Waals surface area contributed by atoms with Crippen molar-refractivity contribution in [2.24, 2.45) is 0 Å². The van der Waals surface area contributed by atoms with Gasteiger partial charge in [0.1, 0.15) is 18.5 Å². The number of hydrogen-bond acceptors (Lipinski definition) is 3. The summed E-state index contributed by atoms with van der Waals surface area (Å²) in [5, 5.41) is 19.4. The number of phenols is 1. The zero-order chi connectivity index (χ0) is 14.8. The van der Waals surface area contributed by atoms with E-state index in [1.807, 2.05) is 10.6 Å². The standard InChI is InChI=1S/C15H20N2O2Si/c1-20(2,3)7-6-19-11-17-10-12(9-16)14-8-13(18)4-5-15(14)17/h4-5,8,10,18H,6-7,11H2,1-3H3. The molecule has 1 aromatic heterocycles. The maximum absolute atomic E-state index is 9.52. The first kappa shape index (κ1) is 14.6. The third kappa shape index (κ3) is 3.41. The average Bonchev–Trinajstić information content (AvgIpc) is 2.71. The summed E-state index contributed by atoms with van der Waals surface area (Å²) in [6, 6.07) is 8.33. The molecule has 0 bridgehead atoms. The Morgan fingerprint density at radius 2 is 2.10 bits per heavy atom. The Morgan fingerprint density at radius 1 is 1.35 bits per heavy atom. The number of phenolic OH excluding ortho intramolecular Hbond substituents is 1. The zero-order valence-corrected chi connectivity index (χ0v) is 13.2. The van der Waals surface area contributed by atoms with Crippen LogP contribution in [0.1, 0.15) is 5.56 Å². The van der Waals surface area contributed by atoms with Crippen LogP contribution in [0.25, 0.3) is 10.9 Å². The zero-order valence-electron chi connectivity index (χ0n) is 12.2. The first-order valence-electron chi connectivity index (χ1n) is 6.70. The van der Waals surface area contributed by atoms with Crippen LogP contribution in [-0.2, 0) is 11.5 Å². The first-order chi connectivity index (χ1) is 9.40. The molecule has 0 aliphatic heterocycles. The Morgan fingerprint density at radius 3 is 2.75 bits per heavy atom. The predicted octanol–water partition coefficient (Wildman–Crippen LogP) is 3.53. The van der Waals surface area contributed by atoms with Gasteiger partial charge in [0.05, 0.1) is 11.1 Å². The summed E-state index contributed by atoms with van der Waals surface area (Å²) in [7, 11) is -1.08. The smallest absolute Gasteiger partial charge is 0.122 e. The molecule has 1 heterocycles. The van der Waals surface area contributed by atoms with E-state index in [1.54, 1.807) is 18.3 Å². The Labute approximate surface area is 120 Å². The molecule has 0 saturated heterocycles. The van der Waals surface area contributed by atoms with Crippen molar-refractivity contribution in [3.63, 3.8) is 0 Å². The van der Waals surface area contributed by atoms with Crippen LogP contribution in [0.3, 0.4) is 0 Å². The molecule has 4 nitrogen and oxygen atoms in total. The molecule has 0 saturated carbocycles. The topological polar surface area (TPSA) is 58.2 Å². The van der Waals surface area contributed by atoms with Crippen molar-refractivity contribution in [1.82, 2.24) is 4.57 Å². The van der Waals surface area contributed by atoms with E-state index >= 15 is 0 Å². The largest absolute Gasteiger partial charge is 0.508 e. The molecule has 0 spiro atoms. The highest BCUT2D eigenvalue weighted by atomic mass is 28.3. The van der Waals surface area contributed by atoms with Gasteiger partial charge >= 0.3 is 0 Å². The molecule has 2 rings (SSSR count). The maximum atomic E-state index is 9.52. The van der Waals surface area contributed by atoms with Crippen LogP contribution in [0.15, 0.2) is 24.4 Å². The lowest BCUT2D eigenvalue weighted by Crippen LogP contribution is -2.21. The summed E-state index contributed by atoms with van der Waals surface area (Å²) in [5.74, 6) is 0.173. The van der Waals surface area contributed by atoms with Crippen molar-refractivity contribution >= 4 is 19.0 Å². The monoisotopic (exact) mass is 288 g/mol. The number of fused-ring (bicyclic) bond motifs is 1. The normalized spacial score (nSPS) is 11.7. The van der Waals surface area contributed by atoms with Gasteiger partial charge in [-0.1, -0.05) is 19.6 Å². The summed E-state index contributed by atoms with van der Waals surface area (Å²) >= 11 is 0. The van der Waals surface area contributed by atoms with Crippen molar-refractivity contribution in [3.05, 3.63) is 30.0 Å². The molecule has 1 N–H and O–H groups in total. The van der Waals surface area contributed by atoms with Crippen LogP contribution in [-0.4, -0.2) is 24.4 Å². The highest BCUT2D eigenvalue weighted by molar-refractivity contribution is 6.76. The third-order valence-corrected chi connectivity index (χ3v) is 4.92. The Kier molecular flexibility index (Phi) is 4.17. The van der Waals surface area contributed by atoms with Gasteiger partial charge in [0.25, 0.3) is 0 Å². The van der Waals surface area contributed by atoms with Crippen LogP contribution in [0.5, 0.6) is 5.75 Å². The minimum Gasteiger partial charge on any atom is -0.508 e. The third-order valence-electron chi connectivity index (χ3n) is 3.21. The second-order valence-electron chi connectivity index (χ2n) is 6.17. The van der Waals surface area contributed by atoms with Gasteiger partial charge in [-0.05, 0) is 24.2 Å². The molecule has 20 heavy (non-hydrogen) atoms. The van der Waals surface area contributed by atoms with E-state index in [4.69, 9.17) is 10.00 Å². The molecule has 0 radical (unpaired) electrons. The SMILES string of the molecule is C[Si](C)(C)CCOCn1cc(C#N)c2cc(O)ccc21. The summed E-state index contributed by atoms with van der Waals surface area (Å²) in [6.07, 6.45) is 1.78. The molecule has 0 aliphatic carbocycles. The van der Waals surface area contributed by atoms with Gasteiger partial charge in [-0.3, -0.25) is 0 Å². The molecular formula is C15H20N2O2Si. The fourth-order valence-corrected chi connectivity index (χ4v) is 2.78. The second kappa shape index (κ2) is 5.69. The van der Waals surface area contributed by atoms with Crippen molar-refractivity contribution in [3.8, 4) is 11.8 Å². The molecule has 0 fully saturated rings. The number of ether oxygens (including phenoxy) is 1. The Balaban J connectivity index is 2.13. The van der Waals surface area contributed by atoms with Crippen LogP contribution in [0.4, 0.5) is 0 Å². The summed E-state index contributed by atoms with van der Waals surface area (Å²) < 4.78 is 7.63. The van der Waals surface area contributed by atoms with Gasteiger partial charge in [-0.2, -0.15) is 5.26 Å². The number of rotatable bonds is 5. The highest BCUT2D eigenvalue weighted by Crippen LogP contribution is 2.25. The number of benzene rings is 1. The van der Waals surface area contributed by atoms with Crippen LogP contribution >= 0.6 is 0 Å². The Bertz CT molecular complexity index is 650. The van der Waals surface area contributed by atoms with E-state index in [0.29, 0.717) is 12.3 Å². The quantitative estimate of drug-likeness (QED) is 0.676. The van der Waals surface area contributed by atoms with Gasteiger partial charge in [0.15, 0.2) is 0 Å². The van der Waals surface area contributed by atoms with Gasteiger partial charge in [0.2, 0.25) is 0 Å². The van der Waals surface area contributed by atoms with E-state index < -0.39 is 8.07 Å². The number of hydrogen-bond donors (Lipinski definition) is 1. The predicted molar refractivity (Wildman–Crippen MR) is 82.4 cm³/mol. The first-order valence-corrected chi connectivity index (χ1v) is 10.4. The van der Waals surface area contributed by atoms with E-state index in [1.165, 1.54) is 0 Å². The van der Waals surface area contributed by atoms with Crippen molar-refractivity contribution < 1.29 is 9.84 Å². The molecule has 5 heteroatoms. The van der Waals surface area contributed by atoms with Crippen molar-refractivity contribution in [1.29, 1.82) is 5.26 Å². The number of nitrogens with zero attached hydrogens (tertiary/aromatic N) is 2. The summed E-state index contributed by atoms with van der Waals surface area (Å²) in [4.78, 5) is 0. The number of aromatic hydroxyl groups is 1. The van der Waals surface area contributed by atoms with Crippen LogP contribution < -0.4 is 0 Å². The molecule has 1 aromatic carbocycles. The minimum atomic E-state index is -1.08. The van der Waals surface area contributed by atoms with Gasteiger partial charge in [-0.15, -0.1) is 0 Å². The molecule has 106 valence electrons. The molecule has 0 aliphatic rings. The number of nitriles is 1. The van der Waals surface area contributed by atoms with Crippen LogP contribution in [0, 0.1) is 11.3 Å². The average molecular weight is 288 g/mol. The molecule has 0 unspecified atom stereocenters. The lowest BCUT2D eigenvalue weighted by Gasteiger charge is -2.15. The molecule has 0 atom stereocenters. The van der Waals surface area contributed by atoms with Crippen molar-refractivity contribution in [2.45, 2.75) is 32.4 Å². The van der Waals surface area contributed by atoms with E-state index in [-0.39, 0.29) is 5.75 Å². The van der Waals surface area contributed by atoms with E-state index in [2.05, 4.69) is 25.7 Å². The maximum Gasteiger partial charge on any atom is 0.122 e. The van der Waals surface area contributed by atoms with Gasteiger partial charge in [-0.25, -0.2) is 0 Å². The lowest BCUT2D eigenvalue weighted by atomic mass is 10.2. The highest BCUT2D eigenvalue weighted by Gasteiger charge is 2.13. The summed E-state index contributed by atoms with van der Waals surface area (Å²) in [6.45, 7) is 8.14. The van der Waals surface area contributed by atoms with Crippen LogP contribution in [0.2, 0.25) is 25.7 Å².